The number of amides is 1. The summed E-state index contributed by atoms with van der Waals surface area (Å²) in [5, 5.41) is 7.60. The number of aromatic nitrogens is 4. The highest BCUT2D eigenvalue weighted by molar-refractivity contribution is 5.92. The van der Waals surface area contributed by atoms with E-state index in [4.69, 9.17) is 0 Å². The van der Waals surface area contributed by atoms with Crippen molar-refractivity contribution < 1.29 is 4.79 Å². The predicted molar refractivity (Wildman–Crippen MR) is 102 cm³/mol. The van der Waals surface area contributed by atoms with Crippen LogP contribution in [0.2, 0.25) is 0 Å². The zero-order chi connectivity index (χ0) is 18.9. The maximum absolute atomic E-state index is 13.1. The molecule has 0 spiro atoms. The standard InChI is InChI=1S/C20H21N7O/c28-20(17-7-4-8-18(23-17)27-12-21-22-13-27)26-10-9-16-15(11-26)19(25-24-16)14-5-2-1-3-6-14/h1-8,12-13,15-16,19,24-25H,9-11H2. The van der Waals surface area contributed by atoms with Crippen LogP contribution in [-0.4, -0.2) is 49.7 Å². The van der Waals surface area contributed by atoms with E-state index in [1.165, 1.54) is 5.56 Å². The first-order valence-corrected chi connectivity index (χ1v) is 9.47. The van der Waals surface area contributed by atoms with Gasteiger partial charge in [-0.15, -0.1) is 10.2 Å². The third kappa shape index (κ3) is 3.06. The van der Waals surface area contributed by atoms with Gasteiger partial charge in [-0.3, -0.25) is 14.8 Å². The van der Waals surface area contributed by atoms with Gasteiger partial charge in [-0.2, -0.15) is 0 Å². The van der Waals surface area contributed by atoms with Gasteiger partial charge in [0, 0.05) is 25.0 Å². The second-order valence-corrected chi connectivity index (χ2v) is 7.24. The minimum absolute atomic E-state index is 0.0351. The summed E-state index contributed by atoms with van der Waals surface area (Å²) in [4.78, 5) is 19.6. The zero-order valence-corrected chi connectivity index (χ0v) is 15.3. The van der Waals surface area contributed by atoms with Crippen LogP contribution in [-0.2, 0) is 0 Å². The Bertz CT molecular complexity index is 960. The molecule has 4 heterocycles. The molecule has 2 aliphatic heterocycles. The summed E-state index contributed by atoms with van der Waals surface area (Å²) >= 11 is 0. The number of hydrogen-bond acceptors (Lipinski definition) is 6. The van der Waals surface area contributed by atoms with Crippen LogP contribution in [0.3, 0.4) is 0 Å². The van der Waals surface area contributed by atoms with Crippen LogP contribution in [0.15, 0.2) is 61.2 Å². The van der Waals surface area contributed by atoms with Crippen molar-refractivity contribution in [3.05, 3.63) is 72.4 Å². The number of carbonyl (C=O) groups excluding carboxylic acids is 1. The van der Waals surface area contributed by atoms with E-state index in [-0.39, 0.29) is 11.9 Å². The van der Waals surface area contributed by atoms with Crippen molar-refractivity contribution in [3.63, 3.8) is 0 Å². The molecule has 3 atom stereocenters. The largest absolute Gasteiger partial charge is 0.337 e. The second-order valence-electron chi connectivity index (χ2n) is 7.24. The number of hydrogen-bond donors (Lipinski definition) is 2. The van der Waals surface area contributed by atoms with Crippen LogP contribution in [0.4, 0.5) is 0 Å². The Balaban J connectivity index is 1.36. The highest BCUT2D eigenvalue weighted by Crippen LogP contribution is 2.33. The van der Waals surface area contributed by atoms with Gasteiger partial charge < -0.3 is 4.90 Å². The number of hydrazine groups is 1. The molecule has 2 saturated heterocycles. The molecule has 0 bridgehead atoms. The third-order valence-corrected chi connectivity index (χ3v) is 5.59. The Labute approximate surface area is 162 Å². The summed E-state index contributed by atoms with van der Waals surface area (Å²) in [5.41, 5.74) is 8.52. The van der Waals surface area contributed by atoms with Crippen molar-refractivity contribution in [1.82, 2.24) is 35.5 Å². The molecule has 2 fully saturated rings. The Morgan fingerprint density at radius 3 is 2.64 bits per heavy atom. The van der Waals surface area contributed by atoms with Gasteiger partial charge in [0.15, 0.2) is 0 Å². The molecule has 2 N–H and O–H groups in total. The van der Waals surface area contributed by atoms with Gasteiger partial charge in [0.1, 0.15) is 24.2 Å². The SMILES string of the molecule is O=C(c1cccc(-n2cnnc2)n1)N1CCC2NNC(c3ccccc3)C2C1. The molecule has 2 aliphatic rings. The Hall–Kier alpha value is -3.10. The molecule has 142 valence electrons. The van der Waals surface area contributed by atoms with E-state index in [1.807, 2.05) is 23.1 Å². The smallest absolute Gasteiger partial charge is 0.272 e. The number of nitrogens with zero attached hydrogens (tertiary/aromatic N) is 5. The lowest BCUT2D eigenvalue weighted by atomic mass is 9.85. The van der Waals surface area contributed by atoms with Crippen LogP contribution in [0.5, 0.6) is 0 Å². The van der Waals surface area contributed by atoms with Crippen molar-refractivity contribution >= 4 is 5.91 Å². The van der Waals surface area contributed by atoms with E-state index in [1.54, 1.807) is 23.3 Å². The van der Waals surface area contributed by atoms with Crippen LogP contribution >= 0.6 is 0 Å². The quantitative estimate of drug-likeness (QED) is 0.718. The molecule has 1 amide bonds. The van der Waals surface area contributed by atoms with Crippen molar-refractivity contribution in [2.24, 2.45) is 5.92 Å². The number of pyridine rings is 1. The predicted octanol–water partition coefficient (Wildman–Crippen LogP) is 1.34. The summed E-state index contributed by atoms with van der Waals surface area (Å²) in [7, 11) is 0. The fraction of sp³-hybridized carbons (Fsp3) is 0.300. The van der Waals surface area contributed by atoms with Crippen LogP contribution in [0.1, 0.15) is 28.5 Å². The molecular formula is C20H21N7O. The van der Waals surface area contributed by atoms with Crippen LogP contribution in [0.25, 0.3) is 5.82 Å². The lowest BCUT2D eigenvalue weighted by Gasteiger charge is -2.36. The highest BCUT2D eigenvalue weighted by Gasteiger charge is 2.41. The summed E-state index contributed by atoms with van der Waals surface area (Å²) in [5.74, 6) is 0.922. The van der Waals surface area contributed by atoms with E-state index < -0.39 is 0 Å². The number of carbonyl (C=O) groups is 1. The maximum atomic E-state index is 13.1. The Morgan fingerprint density at radius 1 is 1.00 bits per heavy atom. The number of nitrogens with one attached hydrogen (secondary N) is 2. The van der Waals surface area contributed by atoms with Gasteiger partial charge >= 0.3 is 0 Å². The minimum Gasteiger partial charge on any atom is -0.337 e. The first kappa shape index (κ1) is 17.0. The topological polar surface area (TPSA) is 88.0 Å². The number of rotatable bonds is 3. The monoisotopic (exact) mass is 375 g/mol. The zero-order valence-electron chi connectivity index (χ0n) is 15.3. The van der Waals surface area contributed by atoms with E-state index >= 15 is 0 Å². The van der Waals surface area contributed by atoms with Crippen molar-refractivity contribution in [2.45, 2.75) is 18.5 Å². The van der Waals surface area contributed by atoms with Gasteiger partial charge in [0.25, 0.3) is 5.91 Å². The van der Waals surface area contributed by atoms with E-state index in [2.05, 4.69) is 50.3 Å². The summed E-state index contributed by atoms with van der Waals surface area (Å²) in [6.07, 6.45) is 4.06. The second kappa shape index (κ2) is 7.14. The maximum Gasteiger partial charge on any atom is 0.272 e. The molecule has 3 aromatic rings. The van der Waals surface area contributed by atoms with Crippen molar-refractivity contribution in [3.8, 4) is 5.82 Å². The van der Waals surface area contributed by atoms with E-state index in [9.17, 15) is 4.79 Å². The summed E-state index contributed by atoms with van der Waals surface area (Å²) in [6.45, 7) is 1.41. The Kier molecular flexibility index (Phi) is 4.34. The van der Waals surface area contributed by atoms with Crippen molar-refractivity contribution in [2.75, 3.05) is 13.1 Å². The molecule has 2 aromatic heterocycles. The molecule has 8 nitrogen and oxygen atoms in total. The summed E-state index contributed by atoms with van der Waals surface area (Å²) in [6, 6.07) is 16.4. The average Bonchev–Trinajstić information content (AvgIpc) is 3.43. The van der Waals surface area contributed by atoms with Gasteiger partial charge in [-0.05, 0) is 24.1 Å². The lowest BCUT2D eigenvalue weighted by molar-refractivity contribution is 0.0646. The normalized spacial score (nSPS) is 24.1. The summed E-state index contributed by atoms with van der Waals surface area (Å²) < 4.78 is 1.69. The molecule has 0 aliphatic carbocycles. The molecular weight excluding hydrogens is 354 g/mol. The first-order chi connectivity index (χ1) is 13.8. The number of fused-ring (bicyclic) bond motifs is 1. The number of likely N-dealkylation sites (tertiary alicyclic amines) is 1. The number of benzene rings is 1. The third-order valence-electron chi connectivity index (χ3n) is 5.59. The molecule has 0 saturated carbocycles. The molecule has 1 aromatic carbocycles. The molecule has 3 unspecified atom stereocenters. The molecule has 8 heteroatoms. The van der Waals surface area contributed by atoms with Crippen molar-refractivity contribution in [1.29, 1.82) is 0 Å². The fourth-order valence-electron chi connectivity index (χ4n) is 4.15. The average molecular weight is 375 g/mol. The highest BCUT2D eigenvalue weighted by atomic mass is 16.2. The fourth-order valence-corrected chi connectivity index (χ4v) is 4.15. The molecule has 0 radical (unpaired) electrons. The van der Waals surface area contributed by atoms with Gasteiger partial charge in [0.2, 0.25) is 0 Å². The van der Waals surface area contributed by atoms with Gasteiger partial charge in [-0.25, -0.2) is 10.4 Å². The Morgan fingerprint density at radius 2 is 1.82 bits per heavy atom. The first-order valence-electron chi connectivity index (χ1n) is 9.47. The van der Waals surface area contributed by atoms with Crippen LogP contribution in [0, 0.1) is 5.92 Å². The van der Waals surface area contributed by atoms with Gasteiger partial charge in [0.05, 0.1) is 6.04 Å². The van der Waals surface area contributed by atoms with Crippen LogP contribution < -0.4 is 10.9 Å². The van der Waals surface area contributed by atoms with Gasteiger partial charge in [-0.1, -0.05) is 36.4 Å². The van der Waals surface area contributed by atoms with E-state index in [0.717, 1.165) is 6.42 Å². The lowest BCUT2D eigenvalue weighted by Crippen LogP contribution is -2.48. The minimum atomic E-state index is -0.0351. The van der Waals surface area contributed by atoms with E-state index in [0.29, 0.717) is 36.6 Å². The molecule has 28 heavy (non-hydrogen) atoms. The number of piperidine rings is 1. The molecule has 5 rings (SSSR count).